The van der Waals surface area contributed by atoms with Crippen LogP contribution in [-0.4, -0.2) is 20.2 Å². The summed E-state index contributed by atoms with van der Waals surface area (Å²) in [5.74, 6) is 0.864. The molecular formula is C13H20ClNO. The van der Waals surface area contributed by atoms with Crippen LogP contribution < -0.4 is 10.1 Å². The van der Waals surface area contributed by atoms with E-state index in [1.54, 1.807) is 0 Å². The molecule has 0 bridgehead atoms. The van der Waals surface area contributed by atoms with Gasteiger partial charge in [-0.1, -0.05) is 30.5 Å². The summed E-state index contributed by atoms with van der Waals surface area (Å²) in [6.07, 6.45) is 4.84. The maximum absolute atomic E-state index is 5.86. The summed E-state index contributed by atoms with van der Waals surface area (Å²) in [5.41, 5.74) is 0. The largest absolute Gasteiger partial charge is 0.494 e. The van der Waals surface area contributed by atoms with Crippen LogP contribution >= 0.6 is 11.6 Å². The lowest BCUT2D eigenvalue weighted by Gasteiger charge is -2.06. The molecule has 0 atom stereocenters. The second-order valence-corrected chi connectivity index (χ2v) is 4.26. The quantitative estimate of drug-likeness (QED) is 0.704. The number of benzene rings is 1. The molecule has 0 fully saturated rings. The van der Waals surface area contributed by atoms with Gasteiger partial charge < -0.3 is 10.1 Å². The van der Waals surface area contributed by atoms with E-state index < -0.39 is 0 Å². The molecule has 1 aromatic carbocycles. The molecule has 0 heterocycles. The van der Waals surface area contributed by atoms with Crippen LogP contribution in [0, 0.1) is 0 Å². The summed E-state index contributed by atoms with van der Waals surface area (Å²) in [5, 5.41) is 3.87. The Morgan fingerprint density at radius 3 is 2.75 bits per heavy atom. The molecule has 0 aliphatic rings. The minimum Gasteiger partial charge on any atom is -0.494 e. The van der Waals surface area contributed by atoms with Gasteiger partial charge in [0, 0.05) is 5.02 Å². The fourth-order valence-electron chi connectivity index (χ4n) is 1.50. The van der Waals surface area contributed by atoms with E-state index in [0.717, 1.165) is 30.3 Å². The summed E-state index contributed by atoms with van der Waals surface area (Å²) in [7, 11) is 1.99. The maximum atomic E-state index is 5.86. The molecule has 0 saturated carbocycles. The zero-order valence-electron chi connectivity index (χ0n) is 9.84. The SMILES string of the molecule is CNCCCCCCOc1cccc(Cl)c1. The monoisotopic (exact) mass is 241 g/mol. The lowest BCUT2D eigenvalue weighted by Crippen LogP contribution is -2.07. The van der Waals surface area contributed by atoms with Crippen molar-refractivity contribution in [3.63, 3.8) is 0 Å². The van der Waals surface area contributed by atoms with E-state index in [2.05, 4.69) is 5.32 Å². The van der Waals surface area contributed by atoms with Gasteiger partial charge in [0.25, 0.3) is 0 Å². The van der Waals surface area contributed by atoms with Gasteiger partial charge in [-0.2, -0.15) is 0 Å². The van der Waals surface area contributed by atoms with Gasteiger partial charge in [-0.05, 0) is 44.6 Å². The number of hydrogen-bond donors (Lipinski definition) is 1. The van der Waals surface area contributed by atoms with Crippen molar-refractivity contribution in [1.82, 2.24) is 5.32 Å². The van der Waals surface area contributed by atoms with Crippen LogP contribution in [0.2, 0.25) is 5.02 Å². The van der Waals surface area contributed by atoms with Crippen LogP contribution in [0.1, 0.15) is 25.7 Å². The lowest BCUT2D eigenvalue weighted by molar-refractivity contribution is 0.304. The molecule has 0 unspecified atom stereocenters. The Labute approximate surface area is 103 Å². The molecule has 2 nitrogen and oxygen atoms in total. The highest BCUT2D eigenvalue weighted by atomic mass is 35.5. The van der Waals surface area contributed by atoms with Gasteiger partial charge in [-0.25, -0.2) is 0 Å². The van der Waals surface area contributed by atoms with E-state index in [0.29, 0.717) is 0 Å². The third-order valence-electron chi connectivity index (χ3n) is 2.39. The van der Waals surface area contributed by atoms with Crippen molar-refractivity contribution >= 4 is 11.6 Å². The standard InChI is InChI=1S/C13H20ClNO/c1-15-9-4-2-3-5-10-16-13-8-6-7-12(14)11-13/h6-8,11,15H,2-5,9-10H2,1H3. The average molecular weight is 242 g/mol. The minimum absolute atomic E-state index is 0.728. The highest BCUT2D eigenvalue weighted by Crippen LogP contribution is 2.17. The molecule has 0 aliphatic carbocycles. The average Bonchev–Trinajstić information content (AvgIpc) is 2.28. The Kier molecular flexibility index (Phi) is 7.02. The molecule has 0 amide bonds. The lowest BCUT2D eigenvalue weighted by atomic mass is 10.2. The first-order valence-electron chi connectivity index (χ1n) is 5.86. The van der Waals surface area contributed by atoms with Gasteiger partial charge in [0.1, 0.15) is 5.75 Å². The maximum Gasteiger partial charge on any atom is 0.120 e. The van der Waals surface area contributed by atoms with Crippen molar-refractivity contribution in [2.45, 2.75) is 25.7 Å². The van der Waals surface area contributed by atoms with Gasteiger partial charge in [0.2, 0.25) is 0 Å². The minimum atomic E-state index is 0.728. The molecule has 90 valence electrons. The first-order chi connectivity index (χ1) is 7.83. The predicted octanol–water partition coefficient (Wildman–Crippen LogP) is 3.50. The van der Waals surface area contributed by atoms with Crippen LogP contribution in [0.15, 0.2) is 24.3 Å². The third-order valence-corrected chi connectivity index (χ3v) is 2.62. The second kappa shape index (κ2) is 8.43. The van der Waals surface area contributed by atoms with E-state index in [-0.39, 0.29) is 0 Å². The first kappa shape index (κ1) is 13.3. The van der Waals surface area contributed by atoms with E-state index >= 15 is 0 Å². The summed E-state index contributed by atoms with van der Waals surface area (Å²) < 4.78 is 5.59. The highest BCUT2D eigenvalue weighted by molar-refractivity contribution is 6.30. The predicted molar refractivity (Wildman–Crippen MR) is 69.3 cm³/mol. The van der Waals surface area contributed by atoms with E-state index in [4.69, 9.17) is 16.3 Å². The highest BCUT2D eigenvalue weighted by Gasteiger charge is 1.95. The van der Waals surface area contributed by atoms with E-state index in [1.165, 1.54) is 19.3 Å². The number of nitrogens with one attached hydrogen (secondary N) is 1. The van der Waals surface area contributed by atoms with E-state index in [1.807, 2.05) is 31.3 Å². The summed E-state index contributed by atoms with van der Waals surface area (Å²) in [6, 6.07) is 7.55. The third kappa shape index (κ3) is 5.99. The van der Waals surface area contributed by atoms with Crippen LogP contribution in [0.5, 0.6) is 5.75 Å². The van der Waals surface area contributed by atoms with Gasteiger partial charge in [0.15, 0.2) is 0 Å². The van der Waals surface area contributed by atoms with Crippen molar-refractivity contribution in [3.05, 3.63) is 29.3 Å². The smallest absolute Gasteiger partial charge is 0.120 e. The van der Waals surface area contributed by atoms with E-state index in [9.17, 15) is 0 Å². The topological polar surface area (TPSA) is 21.3 Å². The number of halogens is 1. The summed E-state index contributed by atoms with van der Waals surface area (Å²) in [4.78, 5) is 0. The number of ether oxygens (including phenoxy) is 1. The molecule has 3 heteroatoms. The van der Waals surface area contributed by atoms with Crippen molar-refractivity contribution < 1.29 is 4.74 Å². The summed E-state index contributed by atoms with van der Waals surface area (Å²) >= 11 is 5.86. The van der Waals surface area contributed by atoms with Gasteiger partial charge in [-0.15, -0.1) is 0 Å². The van der Waals surface area contributed by atoms with Crippen LogP contribution in [0.4, 0.5) is 0 Å². The molecule has 0 spiro atoms. The Morgan fingerprint density at radius 1 is 1.19 bits per heavy atom. The van der Waals surface area contributed by atoms with Crippen LogP contribution in [-0.2, 0) is 0 Å². The Hall–Kier alpha value is -0.730. The van der Waals surface area contributed by atoms with Crippen LogP contribution in [0.3, 0.4) is 0 Å². The number of rotatable bonds is 8. The fourth-order valence-corrected chi connectivity index (χ4v) is 1.68. The fraction of sp³-hybridized carbons (Fsp3) is 0.538. The Morgan fingerprint density at radius 2 is 2.00 bits per heavy atom. The van der Waals surface area contributed by atoms with Crippen molar-refractivity contribution in [2.75, 3.05) is 20.2 Å². The zero-order chi connectivity index (χ0) is 11.6. The van der Waals surface area contributed by atoms with Crippen molar-refractivity contribution in [2.24, 2.45) is 0 Å². The normalized spacial score (nSPS) is 10.4. The molecule has 1 N–H and O–H groups in total. The molecule has 0 saturated heterocycles. The van der Waals surface area contributed by atoms with Crippen molar-refractivity contribution in [3.8, 4) is 5.75 Å². The number of hydrogen-bond acceptors (Lipinski definition) is 2. The van der Waals surface area contributed by atoms with Gasteiger partial charge in [-0.3, -0.25) is 0 Å². The summed E-state index contributed by atoms with van der Waals surface area (Å²) in [6.45, 7) is 1.88. The molecule has 16 heavy (non-hydrogen) atoms. The molecule has 1 aromatic rings. The molecule has 0 aromatic heterocycles. The molecular weight excluding hydrogens is 222 g/mol. The molecule has 0 aliphatic heterocycles. The van der Waals surface area contributed by atoms with Crippen LogP contribution in [0.25, 0.3) is 0 Å². The number of unbranched alkanes of at least 4 members (excludes halogenated alkanes) is 3. The zero-order valence-corrected chi connectivity index (χ0v) is 10.6. The Bertz CT molecular complexity index is 291. The molecule has 0 radical (unpaired) electrons. The second-order valence-electron chi connectivity index (χ2n) is 3.82. The van der Waals surface area contributed by atoms with Crippen molar-refractivity contribution in [1.29, 1.82) is 0 Å². The molecule has 1 rings (SSSR count). The van der Waals surface area contributed by atoms with Gasteiger partial charge >= 0.3 is 0 Å². The van der Waals surface area contributed by atoms with Gasteiger partial charge in [0.05, 0.1) is 6.61 Å². The Balaban J connectivity index is 2.03. The first-order valence-corrected chi connectivity index (χ1v) is 6.23.